The molecule has 6 nitrogen and oxygen atoms in total. The number of nitrogens with one attached hydrogen (secondary N) is 1. The van der Waals surface area contributed by atoms with Crippen LogP contribution in [-0.4, -0.2) is 44.1 Å². The van der Waals surface area contributed by atoms with E-state index in [9.17, 15) is 4.79 Å². The van der Waals surface area contributed by atoms with Gasteiger partial charge in [-0.25, -0.2) is 4.79 Å². The summed E-state index contributed by atoms with van der Waals surface area (Å²) in [6.07, 6.45) is 0. The molecule has 1 saturated heterocycles. The van der Waals surface area contributed by atoms with Gasteiger partial charge in [-0.15, -0.1) is 11.8 Å². The molecule has 2 aromatic carbocycles. The standard InChI is InChI=1S/C20H24N2O4S/c1-4-26-18-8-6-5-7-17(18)21-20(23)22-9-10-27-19(22)14-11-15(24-2)13-16(12-14)25-3/h5-8,11-13,19H,4,9-10H2,1-3H3,(H,21,23). The van der Waals surface area contributed by atoms with Gasteiger partial charge in [0.1, 0.15) is 22.6 Å². The van der Waals surface area contributed by atoms with Gasteiger partial charge in [-0.05, 0) is 36.8 Å². The summed E-state index contributed by atoms with van der Waals surface area (Å²) in [7, 11) is 3.24. The van der Waals surface area contributed by atoms with Crippen LogP contribution >= 0.6 is 11.8 Å². The van der Waals surface area contributed by atoms with Gasteiger partial charge < -0.3 is 24.4 Å². The number of amides is 2. The summed E-state index contributed by atoms with van der Waals surface area (Å²) < 4.78 is 16.3. The quantitative estimate of drug-likeness (QED) is 0.796. The molecule has 0 radical (unpaired) electrons. The molecule has 0 aliphatic carbocycles. The zero-order valence-electron chi connectivity index (χ0n) is 15.7. The average molecular weight is 388 g/mol. The van der Waals surface area contributed by atoms with Gasteiger partial charge in [0.25, 0.3) is 0 Å². The van der Waals surface area contributed by atoms with Crippen molar-refractivity contribution in [1.82, 2.24) is 4.90 Å². The average Bonchev–Trinajstić information content (AvgIpc) is 3.19. The van der Waals surface area contributed by atoms with E-state index in [2.05, 4.69) is 5.32 Å². The van der Waals surface area contributed by atoms with Crippen LogP contribution in [0.1, 0.15) is 17.9 Å². The molecule has 1 heterocycles. The number of rotatable bonds is 6. The van der Waals surface area contributed by atoms with E-state index in [1.54, 1.807) is 26.0 Å². The third-order valence-electron chi connectivity index (χ3n) is 4.24. The van der Waals surface area contributed by atoms with Crippen LogP contribution in [0.3, 0.4) is 0 Å². The number of urea groups is 1. The number of methoxy groups -OCH3 is 2. The van der Waals surface area contributed by atoms with Crippen molar-refractivity contribution in [2.75, 3.05) is 38.4 Å². The predicted octanol–water partition coefficient (Wildman–Crippen LogP) is 4.38. The Hall–Kier alpha value is -2.54. The second-order valence-electron chi connectivity index (χ2n) is 5.92. The van der Waals surface area contributed by atoms with Crippen LogP contribution in [0.4, 0.5) is 10.5 Å². The van der Waals surface area contributed by atoms with Crippen molar-refractivity contribution < 1.29 is 19.0 Å². The van der Waals surface area contributed by atoms with E-state index in [4.69, 9.17) is 14.2 Å². The first kappa shape index (κ1) is 19.2. The maximum absolute atomic E-state index is 12.9. The Bertz CT molecular complexity index is 777. The van der Waals surface area contributed by atoms with Crippen LogP contribution in [0.15, 0.2) is 42.5 Å². The lowest BCUT2D eigenvalue weighted by Crippen LogP contribution is -2.34. The lowest BCUT2D eigenvalue weighted by atomic mass is 10.2. The number of benzene rings is 2. The number of carbonyl (C=O) groups excluding carboxylic acids is 1. The Morgan fingerprint density at radius 1 is 1.19 bits per heavy atom. The van der Waals surface area contributed by atoms with Crippen LogP contribution in [0.5, 0.6) is 17.2 Å². The highest BCUT2D eigenvalue weighted by Crippen LogP contribution is 2.41. The molecular weight excluding hydrogens is 364 g/mol. The molecule has 1 aliphatic rings. The second-order valence-corrected chi connectivity index (χ2v) is 7.11. The number of carbonyl (C=O) groups is 1. The Morgan fingerprint density at radius 2 is 1.89 bits per heavy atom. The van der Waals surface area contributed by atoms with Crippen LogP contribution in [0.25, 0.3) is 0 Å². The maximum atomic E-state index is 12.9. The van der Waals surface area contributed by atoms with Crippen molar-refractivity contribution in [3.8, 4) is 17.2 Å². The van der Waals surface area contributed by atoms with Gasteiger partial charge in [-0.3, -0.25) is 0 Å². The zero-order chi connectivity index (χ0) is 19.2. The summed E-state index contributed by atoms with van der Waals surface area (Å²) >= 11 is 1.72. The molecule has 1 fully saturated rings. The highest BCUT2D eigenvalue weighted by atomic mass is 32.2. The fourth-order valence-corrected chi connectivity index (χ4v) is 4.20. The van der Waals surface area contributed by atoms with Gasteiger partial charge in [0.2, 0.25) is 0 Å². The van der Waals surface area contributed by atoms with Crippen LogP contribution in [0.2, 0.25) is 0 Å². The third-order valence-corrected chi connectivity index (χ3v) is 5.50. The molecule has 0 saturated carbocycles. The number of hydrogen-bond acceptors (Lipinski definition) is 5. The fraction of sp³-hybridized carbons (Fsp3) is 0.350. The molecule has 1 atom stereocenters. The lowest BCUT2D eigenvalue weighted by molar-refractivity contribution is 0.214. The summed E-state index contributed by atoms with van der Waals surface area (Å²) in [6.45, 7) is 3.12. The van der Waals surface area contributed by atoms with E-state index >= 15 is 0 Å². The minimum absolute atomic E-state index is 0.103. The smallest absolute Gasteiger partial charge is 0.323 e. The highest BCUT2D eigenvalue weighted by Gasteiger charge is 2.31. The van der Waals surface area contributed by atoms with Gasteiger partial charge in [-0.1, -0.05) is 12.1 Å². The topological polar surface area (TPSA) is 60.0 Å². The van der Waals surface area contributed by atoms with Gasteiger partial charge in [0.15, 0.2) is 0 Å². The second kappa shape index (κ2) is 8.90. The zero-order valence-corrected chi connectivity index (χ0v) is 16.5. The monoisotopic (exact) mass is 388 g/mol. The molecule has 1 N–H and O–H groups in total. The largest absolute Gasteiger partial charge is 0.497 e. The van der Waals surface area contributed by atoms with Crippen LogP contribution in [-0.2, 0) is 0 Å². The number of anilines is 1. The molecule has 1 unspecified atom stereocenters. The summed E-state index contributed by atoms with van der Waals surface area (Å²) in [5.74, 6) is 2.95. The predicted molar refractivity (Wildman–Crippen MR) is 108 cm³/mol. The molecule has 3 rings (SSSR count). The van der Waals surface area contributed by atoms with Crippen molar-refractivity contribution in [3.63, 3.8) is 0 Å². The Morgan fingerprint density at radius 3 is 2.56 bits per heavy atom. The van der Waals surface area contributed by atoms with Crippen molar-refractivity contribution in [2.24, 2.45) is 0 Å². The normalized spacial score (nSPS) is 16.1. The number of ether oxygens (including phenoxy) is 3. The molecule has 0 spiro atoms. The van der Waals surface area contributed by atoms with Crippen molar-refractivity contribution in [3.05, 3.63) is 48.0 Å². The third kappa shape index (κ3) is 4.42. The van der Waals surface area contributed by atoms with E-state index in [1.807, 2.05) is 54.3 Å². The minimum Gasteiger partial charge on any atom is -0.497 e. The number of hydrogen-bond donors (Lipinski definition) is 1. The van der Waals surface area contributed by atoms with Crippen molar-refractivity contribution >= 4 is 23.5 Å². The van der Waals surface area contributed by atoms with E-state index in [-0.39, 0.29) is 11.4 Å². The molecule has 0 aromatic heterocycles. The minimum atomic E-state index is -0.154. The van der Waals surface area contributed by atoms with Crippen molar-refractivity contribution in [2.45, 2.75) is 12.3 Å². The van der Waals surface area contributed by atoms with E-state index in [1.165, 1.54) is 0 Å². The SMILES string of the molecule is CCOc1ccccc1NC(=O)N1CCSC1c1cc(OC)cc(OC)c1. The molecule has 1 aliphatic heterocycles. The number of thioether (sulfide) groups is 1. The lowest BCUT2D eigenvalue weighted by Gasteiger charge is -2.25. The Balaban J connectivity index is 1.81. The number of nitrogens with zero attached hydrogens (tertiary/aromatic N) is 1. The first-order chi connectivity index (χ1) is 13.2. The fourth-order valence-electron chi connectivity index (χ4n) is 2.96. The van der Waals surface area contributed by atoms with Crippen LogP contribution in [0, 0.1) is 0 Å². The summed E-state index contributed by atoms with van der Waals surface area (Å²) in [5, 5.41) is 2.88. The molecule has 0 bridgehead atoms. The van der Waals surface area contributed by atoms with E-state index in [0.29, 0.717) is 36.1 Å². The Labute approximate surface area is 163 Å². The molecule has 144 valence electrons. The summed E-state index contributed by atoms with van der Waals surface area (Å²) in [6, 6.07) is 13.0. The molecule has 2 aromatic rings. The van der Waals surface area contributed by atoms with Crippen LogP contribution < -0.4 is 19.5 Å². The van der Waals surface area contributed by atoms with Gasteiger partial charge >= 0.3 is 6.03 Å². The van der Waals surface area contributed by atoms with Gasteiger partial charge in [-0.2, -0.15) is 0 Å². The van der Waals surface area contributed by atoms with E-state index < -0.39 is 0 Å². The molecular formula is C20H24N2O4S. The molecule has 2 amide bonds. The van der Waals surface area contributed by atoms with Crippen molar-refractivity contribution in [1.29, 1.82) is 0 Å². The Kier molecular flexibility index (Phi) is 6.34. The first-order valence-electron chi connectivity index (χ1n) is 8.80. The number of para-hydroxylation sites is 2. The first-order valence-corrected chi connectivity index (χ1v) is 9.85. The van der Waals surface area contributed by atoms with Gasteiger partial charge in [0, 0.05) is 18.4 Å². The summed E-state index contributed by atoms with van der Waals surface area (Å²) in [4.78, 5) is 14.8. The maximum Gasteiger partial charge on any atom is 0.323 e. The van der Waals surface area contributed by atoms with E-state index in [0.717, 1.165) is 11.3 Å². The summed E-state index contributed by atoms with van der Waals surface area (Å²) in [5.41, 5.74) is 1.64. The molecule has 7 heteroatoms. The van der Waals surface area contributed by atoms with Gasteiger partial charge in [0.05, 0.1) is 26.5 Å². The highest BCUT2D eigenvalue weighted by molar-refractivity contribution is 7.99. The molecule has 27 heavy (non-hydrogen) atoms.